The van der Waals surface area contributed by atoms with E-state index in [-0.39, 0.29) is 11.8 Å². The summed E-state index contributed by atoms with van der Waals surface area (Å²) in [5, 5.41) is 2.97. The van der Waals surface area contributed by atoms with Gasteiger partial charge in [-0.05, 0) is 51.0 Å². The van der Waals surface area contributed by atoms with Gasteiger partial charge in [-0.2, -0.15) is 0 Å². The first kappa shape index (κ1) is 13.4. The molecule has 1 N–H and O–H groups in total. The van der Waals surface area contributed by atoms with Gasteiger partial charge in [0, 0.05) is 29.4 Å². The van der Waals surface area contributed by atoms with Gasteiger partial charge in [-0.1, -0.05) is 0 Å². The highest BCUT2D eigenvalue weighted by atomic mass is 16.5. The molecule has 2 unspecified atom stereocenters. The lowest BCUT2D eigenvalue weighted by Crippen LogP contribution is -2.49. The fourth-order valence-electron chi connectivity index (χ4n) is 2.82. The van der Waals surface area contributed by atoms with Crippen molar-refractivity contribution in [2.75, 3.05) is 23.4 Å². The summed E-state index contributed by atoms with van der Waals surface area (Å²) in [6, 6.07) is 8.91. The molecule has 0 bridgehead atoms. The summed E-state index contributed by atoms with van der Waals surface area (Å²) in [5.74, 6) is 0.403. The number of amides is 1. The lowest BCUT2D eigenvalue weighted by atomic mass is 10.1. The van der Waals surface area contributed by atoms with Crippen LogP contribution in [0.15, 0.2) is 24.3 Å². The van der Waals surface area contributed by atoms with E-state index in [1.54, 1.807) is 0 Å². The van der Waals surface area contributed by atoms with E-state index in [0.29, 0.717) is 12.1 Å². The van der Waals surface area contributed by atoms with Gasteiger partial charge >= 0.3 is 0 Å². The summed E-state index contributed by atoms with van der Waals surface area (Å²) in [4.78, 5) is 14.1. The quantitative estimate of drug-likeness (QED) is 0.921. The van der Waals surface area contributed by atoms with Crippen LogP contribution in [0.4, 0.5) is 11.4 Å². The fourth-order valence-corrected chi connectivity index (χ4v) is 2.82. The molecular formula is C16H22N2O2. The van der Waals surface area contributed by atoms with Gasteiger partial charge in [-0.3, -0.25) is 4.79 Å². The van der Waals surface area contributed by atoms with E-state index in [4.69, 9.17) is 4.74 Å². The zero-order valence-corrected chi connectivity index (χ0v) is 12.1. The number of morpholine rings is 1. The van der Waals surface area contributed by atoms with Gasteiger partial charge < -0.3 is 15.0 Å². The number of benzene rings is 1. The first-order valence-electron chi connectivity index (χ1n) is 7.42. The number of hydrogen-bond acceptors (Lipinski definition) is 3. The van der Waals surface area contributed by atoms with E-state index in [1.165, 1.54) is 5.69 Å². The minimum absolute atomic E-state index is 0.158. The summed E-state index contributed by atoms with van der Waals surface area (Å²) in [5.41, 5.74) is 2.08. The molecular weight excluding hydrogens is 252 g/mol. The number of anilines is 2. The topological polar surface area (TPSA) is 41.6 Å². The third kappa shape index (κ3) is 2.80. The highest BCUT2D eigenvalue weighted by Gasteiger charge is 2.29. The number of rotatable bonds is 3. The predicted molar refractivity (Wildman–Crippen MR) is 80.0 cm³/mol. The molecule has 2 atom stereocenters. The lowest BCUT2D eigenvalue weighted by Gasteiger charge is -2.40. The van der Waals surface area contributed by atoms with Gasteiger partial charge in [-0.15, -0.1) is 0 Å². The Kier molecular flexibility index (Phi) is 3.66. The Hall–Kier alpha value is -1.55. The second-order valence-electron chi connectivity index (χ2n) is 5.95. The zero-order valence-electron chi connectivity index (χ0n) is 12.1. The molecule has 0 radical (unpaired) electrons. The van der Waals surface area contributed by atoms with Crippen LogP contribution in [0, 0.1) is 5.92 Å². The van der Waals surface area contributed by atoms with E-state index >= 15 is 0 Å². The summed E-state index contributed by atoms with van der Waals surface area (Å²) < 4.78 is 5.56. The molecule has 0 aromatic heterocycles. The van der Waals surface area contributed by atoms with Crippen LogP contribution < -0.4 is 10.2 Å². The predicted octanol–water partition coefficient (Wildman–Crippen LogP) is 2.65. The number of nitrogens with zero attached hydrogens (tertiary/aromatic N) is 1. The molecule has 1 saturated heterocycles. The van der Waals surface area contributed by atoms with Crippen molar-refractivity contribution in [3.05, 3.63) is 24.3 Å². The average molecular weight is 274 g/mol. The number of carbonyl (C=O) groups is 1. The van der Waals surface area contributed by atoms with Gasteiger partial charge in [0.05, 0.1) is 13.2 Å². The Balaban J connectivity index is 1.69. The first-order chi connectivity index (χ1) is 9.65. The van der Waals surface area contributed by atoms with E-state index in [9.17, 15) is 4.79 Å². The Morgan fingerprint density at radius 2 is 1.75 bits per heavy atom. The number of carbonyl (C=O) groups excluding carboxylic acids is 1. The van der Waals surface area contributed by atoms with E-state index in [1.807, 2.05) is 12.1 Å². The minimum atomic E-state index is 0.158. The molecule has 1 amide bonds. The highest BCUT2D eigenvalue weighted by Crippen LogP contribution is 2.31. The van der Waals surface area contributed by atoms with Crippen LogP contribution in [-0.4, -0.2) is 31.2 Å². The smallest absolute Gasteiger partial charge is 0.227 e. The van der Waals surface area contributed by atoms with Crippen LogP contribution in [0.25, 0.3) is 0 Å². The minimum Gasteiger partial charge on any atom is -0.377 e. The zero-order chi connectivity index (χ0) is 14.1. The highest BCUT2D eigenvalue weighted by molar-refractivity contribution is 5.94. The number of hydrogen-bond donors (Lipinski definition) is 1. The molecule has 3 rings (SSSR count). The van der Waals surface area contributed by atoms with Crippen molar-refractivity contribution in [3.8, 4) is 0 Å². The van der Waals surface area contributed by atoms with Crippen molar-refractivity contribution in [2.24, 2.45) is 5.92 Å². The molecule has 1 aliphatic carbocycles. The molecule has 1 aromatic carbocycles. The van der Waals surface area contributed by atoms with Gasteiger partial charge in [0.15, 0.2) is 0 Å². The molecule has 1 heterocycles. The third-order valence-electron chi connectivity index (χ3n) is 4.05. The van der Waals surface area contributed by atoms with Crippen molar-refractivity contribution < 1.29 is 9.53 Å². The van der Waals surface area contributed by atoms with E-state index in [2.05, 4.69) is 36.2 Å². The molecule has 4 nitrogen and oxygen atoms in total. The Morgan fingerprint density at radius 3 is 2.30 bits per heavy atom. The number of nitrogens with one attached hydrogen (secondary N) is 1. The maximum Gasteiger partial charge on any atom is 0.227 e. The molecule has 108 valence electrons. The molecule has 0 spiro atoms. The second kappa shape index (κ2) is 5.44. The van der Waals surface area contributed by atoms with E-state index < -0.39 is 0 Å². The van der Waals surface area contributed by atoms with Crippen LogP contribution in [0.1, 0.15) is 26.7 Å². The maximum atomic E-state index is 11.7. The van der Waals surface area contributed by atoms with Crippen LogP contribution >= 0.6 is 0 Å². The van der Waals surface area contributed by atoms with Gasteiger partial charge in [-0.25, -0.2) is 0 Å². The monoisotopic (exact) mass is 274 g/mol. The van der Waals surface area contributed by atoms with Crippen LogP contribution in [0.3, 0.4) is 0 Å². The van der Waals surface area contributed by atoms with Crippen molar-refractivity contribution >= 4 is 17.3 Å². The molecule has 2 aliphatic rings. The third-order valence-corrected chi connectivity index (χ3v) is 4.05. The molecule has 1 aliphatic heterocycles. The molecule has 4 heteroatoms. The Labute approximate surface area is 120 Å². The molecule has 1 saturated carbocycles. The van der Waals surface area contributed by atoms with E-state index in [0.717, 1.165) is 31.7 Å². The van der Waals surface area contributed by atoms with Crippen molar-refractivity contribution in [3.63, 3.8) is 0 Å². The largest absolute Gasteiger partial charge is 0.377 e. The van der Waals surface area contributed by atoms with Gasteiger partial charge in [0.1, 0.15) is 0 Å². The van der Waals surface area contributed by atoms with Crippen LogP contribution in [0.2, 0.25) is 0 Å². The standard InChI is InChI=1S/C16H22N2O2/c1-11-9-20-10-12(2)18(11)15-7-5-14(6-8-15)17-16(19)13-3-4-13/h5-8,11-13H,3-4,9-10H2,1-2H3,(H,17,19). The summed E-state index contributed by atoms with van der Waals surface area (Å²) in [6.45, 7) is 5.89. The van der Waals surface area contributed by atoms with Crippen LogP contribution in [-0.2, 0) is 9.53 Å². The van der Waals surface area contributed by atoms with Gasteiger partial charge in [0.2, 0.25) is 5.91 Å². The van der Waals surface area contributed by atoms with Crippen molar-refractivity contribution in [2.45, 2.75) is 38.8 Å². The van der Waals surface area contributed by atoms with Gasteiger partial charge in [0.25, 0.3) is 0 Å². The summed E-state index contributed by atoms with van der Waals surface area (Å²) in [7, 11) is 0. The lowest BCUT2D eigenvalue weighted by molar-refractivity contribution is -0.117. The average Bonchev–Trinajstić information content (AvgIpc) is 3.25. The SMILES string of the molecule is CC1COCC(C)N1c1ccc(NC(=O)C2CC2)cc1. The second-order valence-corrected chi connectivity index (χ2v) is 5.95. The van der Waals surface area contributed by atoms with Crippen molar-refractivity contribution in [1.82, 2.24) is 0 Å². The summed E-state index contributed by atoms with van der Waals surface area (Å²) in [6.07, 6.45) is 2.07. The molecule has 2 fully saturated rings. The normalized spacial score (nSPS) is 26.4. The Morgan fingerprint density at radius 1 is 1.15 bits per heavy atom. The van der Waals surface area contributed by atoms with Crippen LogP contribution in [0.5, 0.6) is 0 Å². The fraction of sp³-hybridized carbons (Fsp3) is 0.562. The summed E-state index contributed by atoms with van der Waals surface area (Å²) >= 11 is 0. The molecule has 20 heavy (non-hydrogen) atoms. The van der Waals surface area contributed by atoms with Crippen molar-refractivity contribution in [1.29, 1.82) is 0 Å². The maximum absolute atomic E-state index is 11.7. The molecule has 1 aromatic rings. The Bertz CT molecular complexity index is 472. The first-order valence-corrected chi connectivity index (χ1v) is 7.42. The number of ether oxygens (including phenoxy) is 1.